The Kier molecular flexibility index (Phi) is 8.02. The third-order valence-corrected chi connectivity index (χ3v) is 5.22. The molecule has 0 aliphatic heterocycles. The molecule has 0 aromatic rings. The summed E-state index contributed by atoms with van der Waals surface area (Å²) >= 11 is 0. The molecule has 0 fully saturated rings. The maximum Gasteiger partial charge on any atom is 0.154 e. The van der Waals surface area contributed by atoms with Gasteiger partial charge in [-0.15, -0.1) is 0 Å². The SMILES string of the molecule is CCC(C)S(=O)(=O)CCNCCCC(C)C. The van der Waals surface area contributed by atoms with E-state index in [2.05, 4.69) is 19.2 Å². The second-order valence-electron chi connectivity index (χ2n) is 4.87. The fraction of sp³-hybridized carbons (Fsp3) is 1.00. The molecular weight excluding hydrogens is 222 g/mol. The molecule has 0 aliphatic carbocycles. The van der Waals surface area contributed by atoms with E-state index in [1.54, 1.807) is 6.92 Å². The van der Waals surface area contributed by atoms with E-state index >= 15 is 0 Å². The van der Waals surface area contributed by atoms with Crippen molar-refractivity contribution in [3.8, 4) is 0 Å². The molecule has 1 atom stereocenters. The zero-order valence-corrected chi connectivity index (χ0v) is 11.9. The predicted molar refractivity (Wildman–Crippen MR) is 70.5 cm³/mol. The number of hydrogen-bond donors (Lipinski definition) is 1. The van der Waals surface area contributed by atoms with Gasteiger partial charge in [-0.05, 0) is 38.6 Å². The highest BCUT2D eigenvalue weighted by Gasteiger charge is 2.17. The molecule has 1 N–H and O–H groups in total. The Morgan fingerprint density at radius 1 is 1.12 bits per heavy atom. The van der Waals surface area contributed by atoms with Gasteiger partial charge in [0.05, 0.1) is 11.0 Å². The summed E-state index contributed by atoms with van der Waals surface area (Å²) in [5, 5.41) is 2.99. The quantitative estimate of drug-likeness (QED) is 0.637. The third-order valence-electron chi connectivity index (χ3n) is 2.89. The first kappa shape index (κ1) is 15.9. The molecule has 0 aromatic carbocycles. The fourth-order valence-corrected chi connectivity index (χ4v) is 2.77. The van der Waals surface area contributed by atoms with E-state index in [0.29, 0.717) is 13.0 Å². The maximum absolute atomic E-state index is 11.7. The smallest absolute Gasteiger partial charge is 0.154 e. The van der Waals surface area contributed by atoms with Crippen LogP contribution < -0.4 is 5.32 Å². The first-order valence-electron chi connectivity index (χ1n) is 6.32. The molecule has 0 heterocycles. The minimum atomic E-state index is -2.88. The molecule has 98 valence electrons. The normalized spacial score (nSPS) is 14.3. The molecule has 0 aromatic heterocycles. The lowest BCUT2D eigenvalue weighted by Gasteiger charge is -2.11. The van der Waals surface area contributed by atoms with Crippen molar-refractivity contribution in [2.24, 2.45) is 5.92 Å². The molecule has 0 aliphatic rings. The minimum Gasteiger partial charge on any atom is -0.316 e. The highest BCUT2D eigenvalue weighted by Crippen LogP contribution is 2.05. The van der Waals surface area contributed by atoms with E-state index in [4.69, 9.17) is 0 Å². The molecule has 16 heavy (non-hydrogen) atoms. The molecule has 0 rings (SSSR count). The summed E-state index contributed by atoms with van der Waals surface area (Å²) in [6.07, 6.45) is 3.03. The van der Waals surface area contributed by atoms with E-state index in [1.165, 1.54) is 6.42 Å². The van der Waals surface area contributed by atoms with Crippen molar-refractivity contribution in [1.29, 1.82) is 0 Å². The Morgan fingerprint density at radius 3 is 2.25 bits per heavy atom. The van der Waals surface area contributed by atoms with Crippen LogP contribution in [0, 0.1) is 5.92 Å². The minimum absolute atomic E-state index is 0.204. The van der Waals surface area contributed by atoms with E-state index in [9.17, 15) is 8.42 Å². The largest absolute Gasteiger partial charge is 0.316 e. The topological polar surface area (TPSA) is 46.2 Å². The van der Waals surface area contributed by atoms with Crippen LogP contribution in [0.15, 0.2) is 0 Å². The van der Waals surface area contributed by atoms with Gasteiger partial charge in [-0.3, -0.25) is 0 Å². The first-order chi connectivity index (χ1) is 7.40. The summed E-state index contributed by atoms with van der Waals surface area (Å²) < 4.78 is 23.3. The monoisotopic (exact) mass is 249 g/mol. The van der Waals surface area contributed by atoms with Crippen LogP contribution in [-0.2, 0) is 9.84 Å². The molecule has 0 saturated carbocycles. The zero-order valence-electron chi connectivity index (χ0n) is 11.1. The predicted octanol–water partition coefficient (Wildman–Crippen LogP) is 2.23. The lowest BCUT2D eigenvalue weighted by atomic mass is 10.1. The second kappa shape index (κ2) is 8.07. The van der Waals surface area contributed by atoms with Crippen molar-refractivity contribution >= 4 is 9.84 Å². The van der Waals surface area contributed by atoms with Crippen molar-refractivity contribution < 1.29 is 8.42 Å². The van der Waals surface area contributed by atoms with E-state index < -0.39 is 9.84 Å². The summed E-state index contributed by atoms with van der Waals surface area (Å²) in [6.45, 7) is 9.62. The average molecular weight is 249 g/mol. The van der Waals surface area contributed by atoms with Crippen LogP contribution >= 0.6 is 0 Å². The van der Waals surface area contributed by atoms with Gasteiger partial charge in [0.1, 0.15) is 0 Å². The van der Waals surface area contributed by atoms with Crippen LogP contribution in [0.5, 0.6) is 0 Å². The molecule has 0 radical (unpaired) electrons. The second-order valence-corrected chi connectivity index (χ2v) is 7.41. The molecule has 0 spiro atoms. The van der Waals surface area contributed by atoms with Gasteiger partial charge in [0.25, 0.3) is 0 Å². The van der Waals surface area contributed by atoms with Crippen LogP contribution in [0.1, 0.15) is 47.0 Å². The van der Waals surface area contributed by atoms with Crippen molar-refractivity contribution in [1.82, 2.24) is 5.32 Å². The number of nitrogens with one attached hydrogen (secondary N) is 1. The summed E-state index contributed by atoms with van der Waals surface area (Å²) in [4.78, 5) is 0. The van der Waals surface area contributed by atoms with Crippen LogP contribution in [-0.4, -0.2) is 32.5 Å². The highest BCUT2D eigenvalue weighted by molar-refractivity contribution is 7.92. The molecule has 0 saturated heterocycles. The van der Waals surface area contributed by atoms with Gasteiger partial charge in [-0.1, -0.05) is 20.8 Å². The molecule has 3 nitrogen and oxygen atoms in total. The Hall–Kier alpha value is -0.0900. The molecular formula is C12H27NO2S. The van der Waals surface area contributed by atoms with Gasteiger partial charge in [-0.2, -0.15) is 0 Å². The van der Waals surface area contributed by atoms with Crippen molar-refractivity contribution in [2.45, 2.75) is 52.2 Å². The van der Waals surface area contributed by atoms with Crippen molar-refractivity contribution in [3.63, 3.8) is 0 Å². The highest BCUT2D eigenvalue weighted by atomic mass is 32.2. The third kappa shape index (κ3) is 7.23. The summed E-state index contributed by atoms with van der Waals surface area (Å²) in [5.41, 5.74) is 0. The average Bonchev–Trinajstić information content (AvgIpc) is 2.21. The van der Waals surface area contributed by atoms with Gasteiger partial charge in [0, 0.05) is 6.54 Å². The molecule has 4 heteroatoms. The van der Waals surface area contributed by atoms with Crippen LogP contribution in [0.2, 0.25) is 0 Å². The van der Waals surface area contributed by atoms with E-state index in [-0.39, 0.29) is 11.0 Å². The van der Waals surface area contributed by atoms with Crippen LogP contribution in [0.4, 0.5) is 0 Å². The van der Waals surface area contributed by atoms with Crippen molar-refractivity contribution in [2.75, 3.05) is 18.8 Å². The van der Waals surface area contributed by atoms with Gasteiger partial charge >= 0.3 is 0 Å². The maximum atomic E-state index is 11.7. The molecule has 0 bridgehead atoms. The summed E-state index contributed by atoms with van der Waals surface area (Å²) in [6, 6.07) is 0. The van der Waals surface area contributed by atoms with Gasteiger partial charge in [0.15, 0.2) is 9.84 Å². The van der Waals surface area contributed by atoms with Crippen molar-refractivity contribution in [3.05, 3.63) is 0 Å². The number of sulfone groups is 1. The lowest BCUT2D eigenvalue weighted by Crippen LogP contribution is -2.28. The Morgan fingerprint density at radius 2 is 1.75 bits per heavy atom. The zero-order chi connectivity index (χ0) is 12.6. The van der Waals surface area contributed by atoms with Gasteiger partial charge < -0.3 is 5.32 Å². The fourth-order valence-electron chi connectivity index (χ4n) is 1.43. The number of rotatable bonds is 9. The van der Waals surface area contributed by atoms with Crippen LogP contribution in [0.3, 0.4) is 0 Å². The summed E-state index contributed by atoms with van der Waals surface area (Å²) in [5.74, 6) is 0.995. The standard InChI is InChI=1S/C12H27NO2S/c1-5-12(4)16(14,15)10-9-13-8-6-7-11(2)3/h11-13H,5-10H2,1-4H3. The number of hydrogen-bond acceptors (Lipinski definition) is 3. The Bertz CT molecular complexity index is 260. The van der Waals surface area contributed by atoms with Gasteiger partial charge in [-0.25, -0.2) is 8.42 Å². The first-order valence-corrected chi connectivity index (χ1v) is 8.04. The lowest BCUT2D eigenvalue weighted by molar-refractivity contribution is 0.530. The van der Waals surface area contributed by atoms with Gasteiger partial charge in [0.2, 0.25) is 0 Å². The Balaban J connectivity index is 3.59. The summed E-state index contributed by atoms with van der Waals surface area (Å²) in [7, 11) is -2.88. The van der Waals surface area contributed by atoms with E-state index in [0.717, 1.165) is 18.9 Å². The molecule has 0 amide bonds. The van der Waals surface area contributed by atoms with E-state index in [1.807, 2.05) is 6.92 Å². The Labute approximate surface area is 101 Å². The van der Waals surface area contributed by atoms with Crippen LogP contribution in [0.25, 0.3) is 0 Å². The molecule has 1 unspecified atom stereocenters.